The summed E-state index contributed by atoms with van der Waals surface area (Å²) in [7, 11) is -9.52. The second-order valence-corrected chi connectivity index (χ2v) is 40.0. The summed E-state index contributed by atoms with van der Waals surface area (Å²) < 4.78 is 0. The number of nitrogens with zero attached hydrogens (tertiary/aromatic N) is 3. The van der Waals surface area contributed by atoms with Gasteiger partial charge in [0.25, 0.3) is 6.71 Å². The number of fused-ring (bicyclic) bond motifs is 4. The summed E-state index contributed by atoms with van der Waals surface area (Å²) in [4.78, 5) is 7.82. The van der Waals surface area contributed by atoms with E-state index in [2.05, 4.69) is 476 Å². The van der Waals surface area contributed by atoms with E-state index in [1.54, 1.807) is 0 Å². The number of hydrogen-bond acceptors (Lipinski definition) is 3. The Kier molecular flexibility index (Phi) is 17.5. The van der Waals surface area contributed by atoms with Crippen molar-refractivity contribution in [3.8, 4) is 11.1 Å². The monoisotopic (exact) mass is 1440 g/mol. The van der Waals surface area contributed by atoms with Gasteiger partial charge in [0.15, 0.2) is 24.2 Å². The number of benzene rings is 17. The van der Waals surface area contributed by atoms with E-state index < -0.39 is 24.2 Å². The Hall–Kier alpha value is -13.1. The zero-order valence-corrected chi connectivity index (χ0v) is 63.3. The molecular weight excluding hydrogens is 1360 g/mol. The average molecular weight is 1440 g/mol. The lowest BCUT2D eigenvalue weighted by molar-refractivity contribution is 1.23. The zero-order valence-electron chi connectivity index (χ0n) is 60.3. The number of para-hydroxylation sites is 2. The molecule has 3 nitrogen and oxygen atoms in total. The van der Waals surface area contributed by atoms with Crippen LogP contribution in [-0.2, 0) is 0 Å². The van der Waals surface area contributed by atoms with Crippen molar-refractivity contribution in [3.05, 3.63) is 461 Å². The molecule has 7 heteroatoms. The fourth-order valence-corrected chi connectivity index (χ4v) is 32.5. The number of hydrogen-bond donors (Lipinski definition) is 0. The maximum atomic E-state index is 2.70. The predicted molar refractivity (Wildman–Crippen MR) is 471 cm³/mol. The van der Waals surface area contributed by atoms with Crippen LogP contribution in [0.1, 0.15) is 0 Å². The first-order valence-corrected chi connectivity index (χ1v) is 43.8. The van der Waals surface area contributed by atoms with Crippen LogP contribution >= 0.6 is 0 Å². The third-order valence-electron chi connectivity index (χ3n) is 22.8. The molecule has 2 aliphatic rings. The molecule has 109 heavy (non-hydrogen) atoms. The summed E-state index contributed by atoms with van der Waals surface area (Å²) in [5, 5.41) is 15.8. The van der Waals surface area contributed by atoms with Crippen LogP contribution in [0.15, 0.2) is 461 Å². The van der Waals surface area contributed by atoms with Crippen molar-refractivity contribution in [1.82, 2.24) is 0 Å². The highest BCUT2D eigenvalue weighted by Gasteiger charge is 2.50. The number of rotatable bonds is 18. The van der Waals surface area contributed by atoms with Crippen LogP contribution in [0.4, 0.5) is 51.2 Å². The molecule has 514 valence electrons. The standard InChI is InChI=1S/C102H76BN3Si3/c1-13-38-77(39-14-1)78-64-66-81(67-65-78)105-98-75-94(108(87-51-25-7-26-52-87,88-53-27-8-28-54-88)89-55-29-9-30-56-89)68-70-96(98)103-97-71-69-95(109(90-57-31-10-32-58-90,91-59-33-11-34-60-91)92-61-35-12-36-62-92)76-99(97)106(101-74-83(73-100(105)102(101)103)104(79-40-15-2-16-41-79)80-42-17-3-18-43-80)82-44-37-63-93(72-82)107(84-45-19-4-20-46-84,85-47-21-5-22-48-85)86-49-23-6-24-50-86/h1-76H. The summed E-state index contributed by atoms with van der Waals surface area (Å²) >= 11 is 0. The largest absolute Gasteiger partial charge is 0.311 e. The quantitative estimate of drug-likeness (QED) is 0.0626. The van der Waals surface area contributed by atoms with E-state index in [9.17, 15) is 0 Å². The molecule has 0 atom stereocenters. The van der Waals surface area contributed by atoms with Gasteiger partial charge in [-0.25, -0.2) is 0 Å². The molecule has 17 aromatic rings. The minimum absolute atomic E-state index is 0.262. The molecule has 0 radical (unpaired) electrons. The Balaban J connectivity index is 0.974. The molecule has 0 aromatic heterocycles. The zero-order chi connectivity index (χ0) is 72.6. The van der Waals surface area contributed by atoms with Gasteiger partial charge in [0, 0.05) is 45.5 Å². The van der Waals surface area contributed by atoms with Crippen LogP contribution < -0.4 is 93.3 Å². The fraction of sp³-hybridized carbons (Fsp3) is 0. The maximum Gasteiger partial charge on any atom is 0.252 e. The van der Waals surface area contributed by atoms with Gasteiger partial charge in [-0.3, -0.25) is 0 Å². The van der Waals surface area contributed by atoms with Crippen LogP contribution in [-0.4, -0.2) is 30.9 Å². The molecule has 0 saturated heterocycles. The normalized spacial score (nSPS) is 12.3. The van der Waals surface area contributed by atoms with Crippen LogP contribution in [0.25, 0.3) is 11.1 Å². The van der Waals surface area contributed by atoms with E-state index >= 15 is 0 Å². The smallest absolute Gasteiger partial charge is 0.252 e. The van der Waals surface area contributed by atoms with Crippen molar-refractivity contribution in [1.29, 1.82) is 0 Å². The molecule has 0 spiro atoms. The number of anilines is 9. The van der Waals surface area contributed by atoms with Crippen LogP contribution in [0.5, 0.6) is 0 Å². The van der Waals surface area contributed by atoms with Gasteiger partial charge < -0.3 is 14.7 Å². The fourth-order valence-electron chi connectivity index (χ4n) is 18.2. The third kappa shape index (κ3) is 11.3. The van der Waals surface area contributed by atoms with E-state index in [1.807, 2.05) is 0 Å². The van der Waals surface area contributed by atoms with E-state index in [-0.39, 0.29) is 6.71 Å². The second-order valence-electron chi connectivity index (χ2n) is 28.6. The van der Waals surface area contributed by atoms with Gasteiger partial charge in [0.2, 0.25) is 0 Å². The highest BCUT2D eigenvalue weighted by Crippen LogP contribution is 2.48. The highest BCUT2D eigenvalue weighted by atomic mass is 28.3. The van der Waals surface area contributed by atoms with Crippen molar-refractivity contribution in [3.63, 3.8) is 0 Å². The molecule has 2 heterocycles. The summed E-state index contributed by atoms with van der Waals surface area (Å²) in [5.74, 6) is 0. The van der Waals surface area contributed by atoms with E-state index in [0.29, 0.717) is 0 Å². The minimum atomic E-state index is -3.21. The van der Waals surface area contributed by atoms with Gasteiger partial charge in [0.1, 0.15) is 0 Å². The van der Waals surface area contributed by atoms with Crippen molar-refractivity contribution in [2.24, 2.45) is 0 Å². The summed E-state index contributed by atoms with van der Waals surface area (Å²) in [6.45, 7) is -0.262. The molecule has 0 amide bonds. The third-order valence-corrected chi connectivity index (χ3v) is 37.2. The Morgan fingerprint density at radius 2 is 0.450 bits per heavy atom. The molecule has 19 rings (SSSR count). The van der Waals surface area contributed by atoms with Crippen molar-refractivity contribution >= 4 is 161 Å². The summed E-state index contributed by atoms with van der Waals surface area (Å²) in [6.07, 6.45) is 0. The Labute approximate surface area is 643 Å². The van der Waals surface area contributed by atoms with Gasteiger partial charge in [0.05, 0.1) is 5.69 Å². The van der Waals surface area contributed by atoms with Crippen LogP contribution in [0.2, 0.25) is 0 Å². The first kappa shape index (κ1) is 66.5. The van der Waals surface area contributed by atoms with E-state index in [1.165, 1.54) is 84.2 Å². The molecule has 0 aliphatic carbocycles. The van der Waals surface area contributed by atoms with Gasteiger partial charge in [-0.05, 0) is 163 Å². The molecule has 0 unspecified atom stereocenters. The van der Waals surface area contributed by atoms with Gasteiger partial charge in [-0.2, -0.15) is 0 Å². The molecule has 0 bridgehead atoms. The van der Waals surface area contributed by atoms with Crippen molar-refractivity contribution in [2.45, 2.75) is 0 Å². The molecule has 2 aliphatic heterocycles. The first-order chi connectivity index (χ1) is 54.1. The lowest BCUT2D eigenvalue weighted by Gasteiger charge is -2.46. The lowest BCUT2D eigenvalue weighted by Crippen LogP contribution is -2.75. The molecule has 0 N–H and O–H groups in total. The van der Waals surface area contributed by atoms with Gasteiger partial charge >= 0.3 is 0 Å². The van der Waals surface area contributed by atoms with Crippen LogP contribution in [0.3, 0.4) is 0 Å². The topological polar surface area (TPSA) is 9.72 Å². The Morgan fingerprint density at radius 1 is 0.183 bits per heavy atom. The summed E-state index contributed by atoms with van der Waals surface area (Å²) in [6, 6.07) is 175. The van der Waals surface area contributed by atoms with Crippen LogP contribution in [0, 0.1) is 0 Å². The average Bonchev–Trinajstić information content (AvgIpc) is 0.688. The van der Waals surface area contributed by atoms with E-state index in [0.717, 1.165) is 56.7 Å². The summed E-state index contributed by atoms with van der Waals surface area (Å²) in [5.41, 5.74) is 15.8. The lowest BCUT2D eigenvalue weighted by atomic mass is 9.33. The van der Waals surface area contributed by atoms with E-state index in [4.69, 9.17) is 0 Å². The Bertz CT molecular complexity index is 5690. The van der Waals surface area contributed by atoms with Crippen molar-refractivity contribution in [2.75, 3.05) is 14.7 Å². The molecular formula is C102H76BN3Si3. The predicted octanol–water partition coefficient (Wildman–Crippen LogP) is 15.0. The molecule has 17 aromatic carbocycles. The molecule has 0 fully saturated rings. The van der Waals surface area contributed by atoms with Crippen molar-refractivity contribution < 1.29 is 0 Å². The maximum absolute atomic E-state index is 3.21. The minimum Gasteiger partial charge on any atom is -0.311 e. The Morgan fingerprint density at radius 3 is 0.771 bits per heavy atom. The SMILES string of the molecule is c1ccc(-c2ccc(N3c4cc([Si](c5ccccc5)(c5ccccc5)c5ccccc5)ccc4B4c5ccc([Si](c6ccccc6)(c6ccccc6)c6ccccc6)cc5N(c5cccc([Si](c6ccccc6)(c6ccccc6)c6ccccc6)c5)c5cc(N(c6ccccc6)c6ccccc6)cc3c54)cc2)cc1. The second kappa shape index (κ2) is 28.6. The first-order valence-electron chi connectivity index (χ1n) is 37.8. The molecule has 0 saturated carbocycles. The van der Waals surface area contributed by atoms with Gasteiger partial charge in [-0.1, -0.05) is 388 Å². The van der Waals surface area contributed by atoms with Gasteiger partial charge in [-0.15, -0.1) is 0 Å². The highest BCUT2D eigenvalue weighted by molar-refractivity contribution is 7.21.